The molecule has 0 aliphatic carbocycles. The van der Waals surface area contributed by atoms with Crippen LogP contribution in [-0.4, -0.2) is 88.7 Å². The van der Waals surface area contributed by atoms with Crippen molar-refractivity contribution < 1.29 is 29.1 Å². The molecule has 2 fully saturated rings. The van der Waals surface area contributed by atoms with Gasteiger partial charge in [0.05, 0.1) is 18.7 Å². The molecule has 0 aromatic carbocycles. The van der Waals surface area contributed by atoms with Crippen LogP contribution in [0.3, 0.4) is 0 Å². The minimum Gasteiger partial charge on any atom is -0.394 e. The maximum atomic E-state index is 12.5. The van der Waals surface area contributed by atoms with E-state index in [-0.39, 0.29) is 77.8 Å². The van der Waals surface area contributed by atoms with Crippen LogP contribution in [0.4, 0.5) is 0 Å². The number of nitrogens with zero attached hydrogens (tertiary/aromatic N) is 2. The third kappa shape index (κ3) is 10.3. The van der Waals surface area contributed by atoms with E-state index in [2.05, 4.69) is 10.6 Å². The van der Waals surface area contributed by atoms with E-state index in [1.165, 1.54) is 0 Å². The summed E-state index contributed by atoms with van der Waals surface area (Å²) in [7, 11) is 0. The smallest absolute Gasteiger partial charge is 0.243 e. The highest BCUT2D eigenvalue weighted by molar-refractivity contribution is 5.90. The topological polar surface area (TPSA) is 136 Å². The number of amides is 4. The molecule has 10 nitrogen and oxygen atoms in total. The number of aliphatic hydroxyl groups excluding tert-OH is 1. The monoisotopic (exact) mass is 594 g/mol. The third-order valence-corrected chi connectivity index (χ3v) is 8.96. The van der Waals surface area contributed by atoms with Gasteiger partial charge in [0.2, 0.25) is 23.6 Å². The molecule has 0 saturated carbocycles. The molecule has 0 radical (unpaired) electrons. The number of aliphatic hydroxyl groups is 1. The second-order valence-corrected chi connectivity index (χ2v) is 13.4. The highest BCUT2D eigenvalue weighted by Crippen LogP contribution is 2.24. The van der Waals surface area contributed by atoms with Crippen molar-refractivity contribution in [1.82, 2.24) is 20.4 Å². The van der Waals surface area contributed by atoms with Gasteiger partial charge in [0.1, 0.15) is 18.4 Å². The van der Waals surface area contributed by atoms with E-state index in [1.54, 1.807) is 9.80 Å². The molecule has 2 heterocycles. The molecule has 0 aromatic heterocycles. The minimum absolute atomic E-state index is 0.0369. The second-order valence-electron chi connectivity index (χ2n) is 13.4. The van der Waals surface area contributed by atoms with Crippen molar-refractivity contribution in [1.29, 1.82) is 0 Å². The Kier molecular flexibility index (Phi) is 15.7. The fourth-order valence-electron chi connectivity index (χ4n) is 5.02. The molecule has 2 aliphatic heterocycles. The highest BCUT2D eigenvalue weighted by Gasteiger charge is 2.38. The maximum Gasteiger partial charge on any atom is 0.243 e. The third-order valence-electron chi connectivity index (χ3n) is 8.96. The Labute approximate surface area is 253 Å². The zero-order valence-corrected chi connectivity index (χ0v) is 27.7. The van der Waals surface area contributed by atoms with Crippen LogP contribution in [0.2, 0.25) is 0 Å². The predicted octanol–water partition coefficient (Wildman–Crippen LogP) is 3.01. The van der Waals surface area contributed by atoms with Crippen LogP contribution in [0.15, 0.2) is 0 Å². The van der Waals surface area contributed by atoms with Crippen LogP contribution in [0.1, 0.15) is 94.9 Å². The van der Waals surface area contributed by atoms with Crippen LogP contribution in [0.5, 0.6) is 0 Å². The Morgan fingerprint density at radius 2 is 1.10 bits per heavy atom. The normalized spacial score (nSPS) is 21.6. The summed E-state index contributed by atoms with van der Waals surface area (Å²) in [5, 5.41) is 15.0. The second kappa shape index (κ2) is 17.6. The Bertz CT molecular complexity index is 905. The number of carbonyl (C=O) groups is 5. The largest absolute Gasteiger partial charge is 0.394 e. The summed E-state index contributed by atoms with van der Waals surface area (Å²) in [5.74, 6) is 0.325. The van der Waals surface area contributed by atoms with Crippen LogP contribution in [0, 0.1) is 35.5 Å². The first-order valence-corrected chi connectivity index (χ1v) is 15.9. The van der Waals surface area contributed by atoms with Gasteiger partial charge < -0.3 is 30.3 Å². The van der Waals surface area contributed by atoms with Crippen LogP contribution >= 0.6 is 0 Å². The van der Waals surface area contributed by atoms with Gasteiger partial charge in [-0.05, 0) is 49.4 Å². The van der Waals surface area contributed by atoms with Crippen LogP contribution < -0.4 is 10.6 Å². The van der Waals surface area contributed by atoms with E-state index >= 15 is 0 Å². The van der Waals surface area contributed by atoms with Crippen LogP contribution in [0.25, 0.3) is 0 Å². The first-order valence-electron chi connectivity index (χ1n) is 15.9. The van der Waals surface area contributed by atoms with Crippen molar-refractivity contribution >= 4 is 29.9 Å². The molecule has 3 N–H and O–H groups in total. The number of hydrogen-bond donors (Lipinski definition) is 3. The van der Waals surface area contributed by atoms with Gasteiger partial charge in [-0.3, -0.25) is 19.2 Å². The van der Waals surface area contributed by atoms with Gasteiger partial charge in [-0.15, -0.1) is 0 Å². The summed E-state index contributed by atoms with van der Waals surface area (Å²) < 4.78 is 0. The molecule has 42 heavy (non-hydrogen) atoms. The lowest BCUT2D eigenvalue weighted by Crippen LogP contribution is -2.52. The zero-order valence-electron chi connectivity index (χ0n) is 27.7. The van der Waals surface area contributed by atoms with E-state index in [9.17, 15) is 29.1 Å². The lowest BCUT2D eigenvalue weighted by Gasteiger charge is -2.30. The van der Waals surface area contributed by atoms with E-state index in [0.29, 0.717) is 25.9 Å². The summed E-state index contributed by atoms with van der Waals surface area (Å²) in [6.07, 6.45) is 3.84. The van der Waals surface area contributed by atoms with Gasteiger partial charge in [-0.2, -0.15) is 0 Å². The SMILES string of the molecule is CC(C)[C@H](C)C(=O)N1CCCC1C(=O)N[C@H](C=O)C(C)C.CC(C)[C@H](C)C(=O)N1CCCC1C(=O)N[C@H](CO)C(C)C. The van der Waals surface area contributed by atoms with Crippen molar-refractivity contribution in [3.05, 3.63) is 0 Å². The Morgan fingerprint density at radius 1 is 0.690 bits per heavy atom. The summed E-state index contributed by atoms with van der Waals surface area (Å²) in [6, 6.07) is -1.55. The van der Waals surface area contributed by atoms with Crippen molar-refractivity contribution in [2.75, 3.05) is 19.7 Å². The van der Waals surface area contributed by atoms with Crippen molar-refractivity contribution in [3.63, 3.8) is 0 Å². The first kappa shape index (κ1) is 37.5. The minimum atomic E-state index is -0.488. The standard InChI is InChI=1S/C16H30N2O3.C16H28N2O3/c2*1-10(2)12(5)16(21)18-8-6-7-14(18)15(20)17-13(9-19)11(3)4/h10-14,19H,6-9H2,1-5H3,(H,17,20);9-14H,6-8H2,1-5H3,(H,17,20)/t2*12-,13+,14?/m00/s1. The predicted molar refractivity (Wildman–Crippen MR) is 164 cm³/mol. The summed E-state index contributed by atoms with van der Waals surface area (Å²) in [5.41, 5.74) is 0. The number of carbonyl (C=O) groups excluding carboxylic acids is 5. The number of rotatable bonds is 12. The Hall–Kier alpha value is -2.49. The Morgan fingerprint density at radius 3 is 1.40 bits per heavy atom. The van der Waals surface area contributed by atoms with E-state index in [0.717, 1.165) is 19.1 Å². The molecule has 6 atom stereocenters. The molecule has 0 bridgehead atoms. The number of hydrogen-bond acceptors (Lipinski definition) is 6. The Balaban J connectivity index is 0.000000420. The molecular weight excluding hydrogens is 536 g/mol. The number of likely N-dealkylation sites (tertiary alicyclic amines) is 2. The number of aldehydes is 1. The molecule has 2 unspecified atom stereocenters. The van der Waals surface area contributed by atoms with Gasteiger partial charge in [0.15, 0.2) is 0 Å². The summed E-state index contributed by atoms with van der Waals surface area (Å²) in [6.45, 7) is 20.8. The molecule has 0 aromatic rings. The van der Waals surface area contributed by atoms with Gasteiger partial charge >= 0.3 is 0 Å². The average Bonchev–Trinajstić information content (AvgIpc) is 3.63. The average molecular weight is 595 g/mol. The highest BCUT2D eigenvalue weighted by atomic mass is 16.3. The van der Waals surface area contributed by atoms with Gasteiger partial charge in [-0.1, -0.05) is 69.2 Å². The molecule has 10 heteroatoms. The zero-order chi connectivity index (χ0) is 32.3. The van der Waals surface area contributed by atoms with Crippen LogP contribution in [-0.2, 0) is 24.0 Å². The lowest BCUT2D eigenvalue weighted by atomic mass is 9.96. The van der Waals surface area contributed by atoms with Crippen molar-refractivity contribution in [2.24, 2.45) is 35.5 Å². The van der Waals surface area contributed by atoms with Crippen molar-refractivity contribution in [3.8, 4) is 0 Å². The van der Waals surface area contributed by atoms with E-state index in [1.807, 2.05) is 69.2 Å². The van der Waals surface area contributed by atoms with E-state index in [4.69, 9.17) is 0 Å². The summed E-state index contributed by atoms with van der Waals surface area (Å²) in [4.78, 5) is 64.1. The fourth-order valence-corrected chi connectivity index (χ4v) is 5.02. The van der Waals surface area contributed by atoms with Gasteiger partial charge in [0.25, 0.3) is 0 Å². The molecule has 2 saturated heterocycles. The molecule has 2 rings (SSSR count). The molecule has 2 aliphatic rings. The fraction of sp³-hybridized carbons (Fsp3) is 0.844. The molecular formula is C32H58N4O6. The lowest BCUT2D eigenvalue weighted by molar-refractivity contribution is -0.142. The quantitative estimate of drug-likeness (QED) is 0.297. The molecule has 4 amide bonds. The van der Waals surface area contributed by atoms with Gasteiger partial charge in [-0.25, -0.2) is 0 Å². The summed E-state index contributed by atoms with van der Waals surface area (Å²) >= 11 is 0. The molecule has 242 valence electrons. The van der Waals surface area contributed by atoms with Crippen molar-refractivity contribution in [2.45, 2.75) is 119 Å². The number of nitrogens with one attached hydrogen (secondary N) is 2. The first-order chi connectivity index (χ1) is 19.6. The molecule has 0 spiro atoms. The maximum absolute atomic E-state index is 12.5. The van der Waals surface area contributed by atoms with E-state index < -0.39 is 12.1 Å². The van der Waals surface area contributed by atoms with Gasteiger partial charge in [0, 0.05) is 24.9 Å².